The summed E-state index contributed by atoms with van der Waals surface area (Å²) in [5.41, 5.74) is 7.41. The Labute approximate surface area is 152 Å². The van der Waals surface area contributed by atoms with Crippen LogP contribution >= 0.6 is 11.3 Å². The number of nitrogens with zero attached hydrogens (tertiary/aromatic N) is 1. The zero-order valence-electron chi connectivity index (χ0n) is 15.0. The monoisotopic (exact) mass is 363 g/mol. The average molecular weight is 363 g/mol. The number of benzene rings is 1. The zero-order valence-corrected chi connectivity index (χ0v) is 15.9. The highest BCUT2D eigenvalue weighted by Crippen LogP contribution is 2.23. The highest BCUT2D eigenvalue weighted by molar-refractivity contribution is 7.09. The van der Waals surface area contributed by atoms with E-state index in [1.54, 1.807) is 25.7 Å². The van der Waals surface area contributed by atoms with Gasteiger partial charge in [0.2, 0.25) is 0 Å². The number of ether oxygens (including phenoxy) is 2. The van der Waals surface area contributed by atoms with Crippen LogP contribution in [0.15, 0.2) is 23.6 Å². The summed E-state index contributed by atoms with van der Waals surface area (Å²) < 4.78 is 10.5. The molecule has 0 spiro atoms. The fourth-order valence-corrected chi connectivity index (χ4v) is 3.23. The van der Waals surface area contributed by atoms with E-state index in [0.29, 0.717) is 29.7 Å². The van der Waals surface area contributed by atoms with Crippen molar-refractivity contribution in [3.05, 3.63) is 39.8 Å². The minimum absolute atomic E-state index is 0.130. The molecule has 136 valence electrons. The van der Waals surface area contributed by atoms with E-state index in [1.165, 1.54) is 11.3 Å². The van der Waals surface area contributed by atoms with Crippen molar-refractivity contribution in [3.8, 4) is 11.5 Å². The standard InChI is InChI=1S/C18H25N3O3S/c1-11(2)5-15(19)18-21-16(10-25-18)17(22)20-9-12-6-13(23-3)8-14(7-12)24-4/h6-8,10-11,15H,5,9,19H2,1-4H3,(H,20,22). The lowest BCUT2D eigenvalue weighted by Gasteiger charge is -2.10. The minimum atomic E-state index is -0.221. The van der Waals surface area contributed by atoms with Gasteiger partial charge in [-0.15, -0.1) is 11.3 Å². The van der Waals surface area contributed by atoms with Crippen LogP contribution in [0, 0.1) is 5.92 Å². The normalized spacial score (nSPS) is 12.1. The molecule has 1 atom stereocenters. The van der Waals surface area contributed by atoms with Gasteiger partial charge in [0.25, 0.3) is 5.91 Å². The molecule has 0 saturated carbocycles. The molecule has 1 aromatic carbocycles. The van der Waals surface area contributed by atoms with E-state index in [1.807, 2.05) is 12.1 Å². The van der Waals surface area contributed by atoms with Crippen LogP contribution in [0.4, 0.5) is 0 Å². The van der Waals surface area contributed by atoms with E-state index >= 15 is 0 Å². The van der Waals surface area contributed by atoms with E-state index in [4.69, 9.17) is 15.2 Å². The molecule has 0 fully saturated rings. The number of thiazole rings is 1. The predicted octanol–water partition coefficient (Wildman–Crippen LogP) is 3.14. The molecule has 2 rings (SSSR count). The molecule has 0 aliphatic carbocycles. The molecule has 0 bridgehead atoms. The fourth-order valence-electron chi connectivity index (χ4n) is 2.41. The number of hydrogen-bond donors (Lipinski definition) is 2. The van der Waals surface area contributed by atoms with Gasteiger partial charge in [0, 0.05) is 18.0 Å². The van der Waals surface area contributed by atoms with E-state index in [9.17, 15) is 4.79 Å². The first-order chi connectivity index (χ1) is 11.9. The molecule has 1 amide bonds. The Morgan fingerprint density at radius 3 is 2.44 bits per heavy atom. The fraction of sp³-hybridized carbons (Fsp3) is 0.444. The maximum atomic E-state index is 12.3. The van der Waals surface area contributed by atoms with Crippen LogP contribution in [0.1, 0.15) is 47.4 Å². The summed E-state index contributed by atoms with van der Waals surface area (Å²) in [5, 5.41) is 5.40. The Morgan fingerprint density at radius 1 is 1.24 bits per heavy atom. The van der Waals surface area contributed by atoms with Gasteiger partial charge in [-0.1, -0.05) is 13.8 Å². The third-order valence-electron chi connectivity index (χ3n) is 3.66. The van der Waals surface area contributed by atoms with Crippen molar-refractivity contribution in [1.29, 1.82) is 0 Å². The highest BCUT2D eigenvalue weighted by Gasteiger charge is 2.16. The van der Waals surface area contributed by atoms with Crippen molar-refractivity contribution in [2.45, 2.75) is 32.9 Å². The van der Waals surface area contributed by atoms with Crippen LogP contribution in [0.5, 0.6) is 11.5 Å². The van der Waals surface area contributed by atoms with Gasteiger partial charge in [-0.25, -0.2) is 4.98 Å². The first kappa shape index (κ1) is 19.2. The lowest BCUT2D eigenvalue weighted by molar-refractivity contribution is 0.0946. The van der Waals surface area contributed by atoms with Crippen molar-refractivity contribution in [2.75, 3.05) is 14.2 Å². The Balaban J connectivity index is 2.00. The van der Waals surface area contributed by atoms with E-state index < -0.39 is 0 Å². The summed E-state index contributed by atoms with van der Waals surface area (Å²) in [6, 6.07) is 5.37. The molecule has 0 aliphatic heterocycles. The van der Waals surface area contributed by atoms with E-state index in [2.05, 4.69) is 24.1 Å². The zero-order chi connectivity index (χ0) is 18.4. The van der Waals surface area contributed by atoms with Gasteiger partial charge in [-0.3, -0.25) is 4.79 Å². The lowest BCUT2D eigenvalue weighted by atomic mass is 10.1. The molecule has 3 N–H and O–H groups in total. The molecule has 0 saturated heterocycles. The summed E-state index contributed by atoms with van der Waals surface area (Å²) in [5.74, 6) is 1.62. The van der Waals surface area contributed by atoms with Gasteiger partial charge < -0.3 is 20.5 Å². The summed E-state index contributed by atoms with van der Waals surface area (Å²) in [7, 11) is 3.18. The third-order valence-corrected chi connectivity index (χ3v) is 4.64. The molecule has 6 nitrogen and oxygen atoms in total. The van der Waals surface area contributed by atoms with Crippen molar-refractivity contribution in [2.24, 2.45) is 11.7 Å². The first-order valence-corrected chi connectivity index (χ1v) is 9.02. The molecular weight excluding hydrogens is 338 g/mol. The highest BCUT2D eigenvalue weighted by atomic mass is 32.1. The summed E-state index contributed by atoms with van der Waals surface area (Å²) in [6.07, 6.45) is 0.845. The molecule has 7 heteroatoms. The Morgan fingerprint density at radius 2 is 1.88 bits per heavy atom. The summed E-state index contributed by atoms with van der Waals surface area (Å²) in [4.78, 5) is 16.7. The van der Waals surface area contributed by atoms with Crippen LogP contribution in [0.3, 0.4) is 0 Å². The van der Waals surface area contributed by atoms with Crippen LogP contribution in [-0.2, 0) is 6.54 Å². The molecule has 1 unspecified atom stereocenters. The van der Waals surface area contributed by atoms with Gasteiger partial charge in [-0.05, 0) is 30.0 Å². The number of nitrogens with one attached hydrogen (secondary N) is 1. The molecule has 1 aromatic heterocycles. The topological polar surface area (TPSA) is 86.5 Å². The number of amides is 1. The second-order valence-electron chi connectivity index (χ2n) is 6.21. The summed E-state index contributed by atoms with van der Waals surface area (Å²) in [6.45, 7) is 4.59. The minimum Gasteiger partial charge on any atom is -0.497 e. The second-order valence-corrected chi connectivity index (χ2v) is 7.10. The molecular formula is C18H25N3O3S. The molecule has 2 aromatic rings. The van der Waals surface area contributed by atoms with Crippen LogP contribution in [0.2, 0.25) is 0 Å². The maximum Gasteiger partial charge on any atom is 0.271 e. The molecule has 0 radical (unpaired) electrons. The van der Waals surface area contributed by atoms with Gasteiger partial charge in [0.15, 0.2) is 0 Å². The largest absolute Gasteiger partial charge is 0.497 e. The van der Waals surface area contributed by atoms with Crippen molar-refractivity contribution in [3.63, 3.8) is 0 Å². The Bertz CT molecular complexity index is 693. The number of methoxy groups -OCH3 is 2. The first-order valence-electron chi connectivity index (χ1n) is 8.14. The quantitative estimate of drug-likeness (QED) is 0.752. The van der Waals surface area contributed by atoms with Crippen molar-refractivity contribution < 1.29 is 14.3 Å². The second kappa shape index (κ2) is 8.82. The third kappa shape index (κ3) is 5.44. The SMILES string of the molecule is COc1cc(CNC(=O)c2csc(C(N)CC(C)C)n2)cc(OC)c1. The predicted molar refractivity (Wildman–Crippen MR) is 99.2 cm³/mol. The smallest absolute Gasteiger partial charge is 0.271 e. The maximum absolute atomic E-state index is 12.3. The summed E-state index contributed by atoms with van der Waals surface area (Å²) >= 11 is 1.42. The van der Waals surface area contributed by atoms with Gasteiger partial charge >= 0.3 is 0 Å². The molecule has 25 heavy (non-hydrogen) atoms. The van der Waals surface area contributed by atoms with Crippen molar-refractivity contribution >= 4 is 17.2 Å². The molecule has 1 heterocycles. The van der Waals surface area contributed by atoms with Crippen LogP contribution in [-0.4, -0.2) is 25.1 Å². The number of hydrogen-bond acceptors (Lipinski definition) is 6. The average Bonchev–Trinajstić information content (AvgIpc) is 3.09. The number of aromatic nitrogens is 1. The number of carbonyl (C=O) groups excluding carboxylic acids is 1. The number of rotatable bonds is 8. The Kier molecular flexibility index (Phi) is 6.78. The van der Waals surface area contributed by atoms with E-state index in [0.717, 1.165) is 17.0 Å². The lowest BCUT2D eigenvalue weighted by Crippen LogP contribution is -2.23. The number of nitrogens with two attached hydrogens (primary N) is 1. The van der Waals surface area contributed by atoms with Crippen LogP contribution in [0.25, 0.3) is 0 Å². The number of carbonyl (C=O) groups is 1. The van der Waals surface area contributed by atoms with Gasteiger partial charge in [0.05, 0.1) is 20.3 Å². The van der Waals surface area contributed by atoms with Crippen molar-refractivity contribution in [1.82, 2.24) is 10.3 Å². The van der Waals surface area contributed by atoms with E-state index in [-0.39, 0.29) is 11.9 Å². The molecule has 0 aliphatic rings. The van der Waals surface area contributed by atoms with Gasteiger partial charge in [-0.2, -0.15) is 0 Å². The van der Waals surface area contributed by atoms with Gasteiger partial charge in [0.1, 0.15) is 22.2 Å². The van der Waals surface area contributed by atoms with Crippen LogP contribution < -0.4 is 20.5 Å². The Hall–Kier alpha value is -2.12.